The monoisotopic (exact) mass is 355 g/mol. The van der Waals surface area contributed by atoms with Crippen molar-refractivity contribution < 1.29 is 9.32 Å². The highest BCUT2D eigenvalue weighted by atomic mass is 16.5. The summed E-state index contributed by atoms with van der Waals surface area (Å²) in [4.78, 5) is 23.1. The van der Waals surface area contributed by atoms with Gasteiger partial charge in [-0.1, -0.05) is 5.16 Å². The van der Waals surface area contributed by atoms with Crippen LogP contribution in [-0.4, -0.2) is 45.1 Å². The third kappa shape index (κ3) is 3.18. The van der Waals surface area contributed by atoms with E-state index in [0.29, 0.717) is 12.5 Å². The molecule has 26 heavy (non-hydrogen) atoms. The summed E-state index contributed by atoms with van der Waals surface area (Å²) in [5.41, 5.74) is 2.99. The number of hydrogen-bond donors (Lipinski definition) is 1. The molecule has 1 aliphatic heterocycles. The molecule has 7 heteroatoms. The van der Waals surface area contributed by atoms with E-state index in [2.05, 4.69) is 20.4 Å². The average molecular weight is 355 g/mol. The van der Waals surface area contributed by atoms with Gasteiger partial charge < -0.3 is 14.7 Å². The molecule has 2 fully saturated rings. The standard InChI is InChI=1S/C19H25N5O2/c1-12-6-17(21-11-20-12)22-15-8-19(9-15)4-5-24(10-19)18(25)7-16-13(2)23-26-14(16)3/h6,11,15H,4-5,7-10H2,1-3H3,(H,20,21,22). The van der Waals surface area contributed by atoms with Crippen LogP contribution in [0.15, 0.2) is 16.9 Å². The van der Waals surface area contributed by atoms with Crippen LogP contribution >= 0.6 is 0 Å². The Morgan fingerprint density at radius 3 is 2.85 bits per heavy atom. The fourth-order valence-electron chi connectivity index (χ4n) is 4.33. The molecular formula is C19H25N5O2. The zero-order chi connectivity index (χ0) is 18.3. The lowest BCUT2D eigenvalue weighted by Gasteiger charge is -2.45. The van der Waals surface area contributed by atoms with Crippen molar-refractivity contribution in [2.24, 2.45) is 5.41 Å². The number of carbonyl (C=O) groups is 1. The molecule has 1 N–H and O–H groups in total. The van der Waals surface area contributed by atoms with E-state index in [1.165, 1.54) is 0 Å². The molecule has 138 valence electrons. The van der Waals surface area contributed by atoms with Gasteiger partial charge in [0.25, 0.3) is 0 Å². The molecule has 1 spiro atoms. The second kappa shape index (κ2) is 6.37. The Bertz CT molecular complexity index is 806. The maximum absolute atomic E-state index is 12.7. The number of aromatic nitrogens is 3. The average Bonchev–Trinajstić information content (AvgIpc) is 3.14. The number of carbonyl (C=O) groups excluding carboxylic acids is 1. The molecule has 1 aliphatic carbocycles. The van der Waals surface area contributed by atoms with Crippen molar-refractivity contribution in [3.63, 3.8) is 0 Å². The van der Waals surface area contributed by atoms with Gasteiger partial charge in [-0.25, -0.2) is 9.97 Å². The number of nitrogens with zero attached hydrogens (tertiary/aromatic N) is 4. The van der Waals surface area contributed by atoms with Crippen LogP contribution in [0.2, 0.25) is 0 Å². The predicted molar refractivity (Wildman–Crippen MR) is 96.7 cm³/mol. The molecule has 3 heterocycles. The Kier molecular flexibility index (Phi) is 4.17. The van der Waals surface area contributed by atoms with Crippen molar-refractivity contribution in [2.45, 2.75) is 52.5 Å². The summed E-state index contributed by atoms with van der Waals surface area (Å²) in [5.74, 6) is 1.82. The van der Waals surface area contributed by atoms with Gasteiger partial charge in [-0.3, -0.25) is 4.79 Å². The van der Waals surface area contributed by atoms with Crippen molar-refractivity contribution in [3.8, 4) is 0 Å². The van der Waals surface area contributed by atoms with Crippen LogP contribution in [0, 0.1) is 26.2 Å². The molecule has 1 saturated heterocycles. The summed E-state index contributed by atoms with van der Waals surface area (Å²) in [6.45, 7) is 7.43. The number of hydrogen-bond acceptors (Lipinski definition) is 6. The SMILES string of the molecule is Cc1cc(NC2CC3(CCN(C(=O)Cc4c(C)noc4C)C3)C2)ncn1. The Balaban J connectivity index is 1.31. The van der Waals surface area contributed by atoms with Gasteiger partial charge in [0.05, 0.1) is 12.1 Å². The molecule has 2 aromatic heterocycles. The molecule has 1 amide bonds. The van der Waals surface area contributed by atoms with Crippen LogP contribution < -0.4 is 5.32 Å². The summed E-state index contributed by atoms with van der Waals surface area (Å²) in [6.07, 6.45) is 5.24. The first-order valence-corrected chi connectivity index (χ1v) is 9.19. The number of likely N-dealkylation sites (tertiary alicyclic amines) is 1. The number of anilines is 1. The van der Waals surface area contributed by atoms with Crippen LogP contribution in [0.25, 0.3) is 0 Å². The lowest BCUT2D eigenvalue weighted by molar-refractivity contribution is -0.130. The van der Waals surface area contributed by atoms with Gasteiger partial charge in [0, 0.05) is 36.5 Å². The van der Waals surface area contributed by atoms with Gasteiger partial charge in [-0.2, -0.15) is 0 Å². The van der Waals surface area contributed by atoms with Gasteiger partial charge in [0.15, 0.2) is 0 Å². The van der Waals surface area contributed by atoms with Gasteiger partial charge in [-0.05, 0) is 45.4 Å². The predicted octanol–water partition coefficient (Wildman–Crippen LogP) is 2.43. The summed E-state index contributed by atoms with van der Waals surface area (Å²) >= 11 is 0. The molecule has 7 nitrogen and oxygen atoms in total. The second-order valence-electron chi connectivity index (χ2n) is 7.84. The second-order valence-corrected chi connectivity index (χ2v) is 7.84. The van der Waals surface area contributed by atoms with Crippen LogP contribution in [0.4, 0.5) is 5.82 Å². The number of nitrogens with one attached hydrogen (secondary N) is 1. The van der Waals surface area contributed by atoms with Crippen LogP contribution in [0.1, 0.15) is 42.0 Å². The quantitative estimate of drug-likeness (QED) is 0.907. The molecule has 0 aromatic carbocycles. The normalized spacial score (nSPS) is 24.7. The summed E-state index contributed by atoms with van der Waals surface area (Å²) < 4.78 is 5.17. The lowest BCUT2D eigenvalue weighted by Crippen LogP contribution is -2.47. The van der Waals surface area contributed by atoms with Gasteiger partial charge in [0.1, 0.15) is 17.9 Å². The van der Waals surface area contributed by atoms with E-state index < -0.39 is 0 Å². The number of amides is 1. The van der Waals surface area contributed by atoms with E-state index in [1.54, 1.807) is 6.33 Å². The van der Waals surface area contributed by atoms with Crippen molar-refractivity contribution in [1.82, 2.24) is 20.0 Å². The Morgan fingerprint density at radius 2 is 2.15 bits per heavy atom. The van der Waals surface area contributed by atoms with Crippen molar-refractivity contribution in [1.29, 1.82) is 0 Å². The molecule has 0 atom stereocenters. The topological polar surface area (TPSA) is 84.2 Å². The minimum Gasteiger partial charge on any atom is -0.367 e. The molecule has 2 aliphatic rings. The Morgan fingerprint density at radius 1 is 1.35 bits per heavy atom. The summed E-state index contributed by atoms with van der Waals surface area (Å²) in [5, 5.41) is 7.43. The maximum atomic E-state index is 12.7. The van der Waals surface area contributed by atoms with Gasteiger partial charge >= 0.3 is 0 Å². The molecular weight excluding hydrogens is 330 g/mol. The third-order valence-corrected chi connectivity index (χ3v) is 5.81. The van der Waals surface area contributed by atoms with Crippen molar-refractivity contribution in [2.75, 3.05) is 18.4 Å². The zero-order valence-electron chi connectivity index (χ0n) is 15.6. The summed E-state index contributed by atoms with van der Waals surface area (Å²) in [7, 11) is 0. The smallest absolute Gasteiger partial charge is 0.227 e. The Hall–Kier alpha value is -2.44. The first-order chi connectivity index (χ1) is 12.4. The van der Waals surface area contributed by atoms with Crippen molar-refractivity contribution >= 4 is 11.7 Å². The van der Waals surface area contributed by atoms with E-state index in [1.807, 2.05) is 31.7 Å². The number of aryl methyl sites for hydroxylation is 3. The fourth-order valence-corrected chi connectivity index (χ4v) is 4.33. The molecule has 1 saturated carbocycles. The van der Waals surface area contributed by atoms with Crippen LogP contribution in [0.3, 0.4) is 0 Å². The van der Waals surface area contributed by atoms with Gasteiger partial charge in [-0.15, -0.1) is 0 Å². The Labute approximate surface area is 153 Å². The molecule has 2 aromatic rings. The zero-order valence-corrected chi connectivity index (χ0v) is 15.6. The molecule has 0 unspecified atom stereocenters. The van der Waals surface area contributed by atoms with E-state index in [-0.39, 0.29) is 11.3 Å². The largest absolute Gasteiger partial charge is 0.367 e. The minimum atomic E-state index is 0.180. The van der Waals surface area contributed by atoms with Gasteiger partial charge in [0.2, 0.25) is 5.91 Å². The molecule has 4 rings (SSSR count). The molecule has 0 radical (unpaired) electrons. The fraction of sp³-hybridized carbons (Fsp3) is 0.579. The van der Waals surface area contributed by atoms with E-state index in [9.17, 15) is 4.79 Å². The highest BCUT2D eigenvalue weighted by Crippen LogP contribution is 2.49. The highest BCUT2D eigenvalue weighted by Gasteiger charge is 2.49. The lowest BCUT2D eigenvalue weighted by atomic mass is 9.65. The first-order valence-electron chi connectivity index (χ1n) is 9.19. The minimum absolute atomic E-state index is 0.180. The van der Waals surface area contributed by atoms with Crippen molar-refractivity contribution in [3.05, 3.63) is 35.1 Å². The first kappa shape index (κ1) is 17.0. The van der Waals surface area contributed by atoms with Crippen LogP contribution in [0.5, 0.6) is 0 Å². The molecule has 0 bridgehead atoms. The van der Waals surface area contributed by atoms with E-state index in [0.717, 1.165) is 60.9 Å². The highest BCUT2D eigenvalue weighted by molar-refractivity contribution is 5.79. The number of rotatable bonds is 4. The van der Waals surface area contributed by atoms with E-state index in [4.69, 9.17) is 4.52 Å². The summed E-state index contributed by atoms with van der Waals surface area (Å²) in [6, 6.07) is 2.40. The van der Waals surface area contributed by atoms with Crippen LogP contribution in [-0.2, 0) is 11.2 Å². The third-order valence-electron chi connectivity index (χ3n) is 5.81. The maximum Gasteiger partial charge on any atom is 0.227 e. The van der Waals surface area contributed by atoms with E-state index >= 15 is 0 Å².